The Morgan fingerprint density at radius 1 is 0.300 bits per heavy atom. The molecule has 0 bridgehead atoms. The summed E-state index contributed by atoms with van der Waals surface area (Å²) < 4.78 is 0. The molecule has 0 aliphatic rings. The van der Waals surface area contributed by atoms with E-state index < -0.39 is 0 Å². The van der Waals surface area contributed by atoms with Gasteiger partial charge in [0.15, 0.2) is 0 Å². The summed E-state index contributed by atoms with van der Waals surface area (Å²) >= 11 is 0. The summed E-state index contributed by atoms with van der Waals surface area (Å²) in [6.07, 6.45) is 35.2. The molecule has 0 aromatic carbocycles. The Kier molecular flexibility index (Phi) is 25.3. The topological polar surface area (TPSA) is 0 Å². The molecule has 0 aliphatic heterocycles. The fraction of sp³-hybridized carbons (Fsp3) is 1.00. The maximum atomic E-state index is 2.49. The van der Waals surface area contributed by atoms with Gasteiger partial charge in [-0.05, 0) is 11.8 Å². The molecule has 182 valence electrons. The van der Waals surface area contributed by atoms with Crippen LogP contribution in [0.2, 0.25) is 0 Å². The van der Waals surface area contributed by atoms with Gasteiger partial charge >= 0.3 is 0 Å². The molecule has 0 rings (SSSR count). The van der Waals surface area contributed by atoms with Crippen molar-refractivity contribution >= 4 is 0 Å². The lowest BCUT2D eigenvalue weighted by Crippen LogP contribution is -1.96. The maximum Gasteiger partial charge on any atom is -0.0443 e. The fourth-order valence-corrected chi connectivity index (χ4v) is 4.98. The van der Waals surface area contributed by atoms with E-state index in [9.17, 15) is 0 Å². The van der Waals surface area contributed by atoms with Crippen molar-refractivity contribution in [1.82, 2.24) is 0 Å². The Bertz CT molecular complexity index is 294. The van der Waals surface area contributed by atoms with Crippen LogP contribution in [0.4, 0.5) is 0 Å². The second kappa shape index (κ2) is 25.3. The molecule has 0 aromatic heterocycles. The van der Waals surface area contributed by atoms with Gasteiger partial charge in [-0.25, -0.2) is 0 Å². The van der Waals surface area contributed by atoms with Crippen molar-refractivity contribution in [3.63, 3.8) is 0 Å². The lowest BCUT2D eigenvalue weighted by Gasteiger charge is -2.12. The average Bonchev–Trinajstić information content (AvgIpc) is 2.73. The van der Waals surface area contributed by atoms with Gasteiger partial charge in [0.25, 0.3) is 0 Å². The van der Waals surface area contributed by atoms with Gasteiger partial charge in [0, 0.05) is 0 Å². The van der Waals surface area contributed by atoms with Gasteiger partial charge < -0.3 is 0 Å². The summed E-state index contributed by atoms with van der Waals surface area (Å²) in [6.45, 7) is 9.55. The van der Waals surface area contributed by atoms with Gasteiger partial charge in [0.1, 0.15) is 0 Å². The van der Waals surface area contributed by atoms with E-state index in [4.69, 9.17) is 0 Å². The van der Waals surface area contributed by atoms with Gasteiger partial charge in [-0.3, -0.25) is 0 Å². The minimum atomic E-state index is 0.958. The predicted octanol–water partition coefficient (Wildman–Crippen LogP) is 11.7. The van der Waals surface area contributed by atoms with Crippen molar-refractivity contribution in [2.45, 2.75) is 182 Å². The van der Waals surface area contributed by atoms with Crippen molar-refractivity contribution < 1.29 is 0 Å². The van der Waals surface area contributed by atoms with Crippen LogP contribution in [0.15, 0.2) is 0 Å². The third kappa shape index (κ3) is 24.3. The fourth-order valence-electron chi connectivity index (χ4n) is 4.98. The van der Waals surface area contributed by atoms with Crippen LogP contribution in [0.1, 0.15) is 182 Å². The quantitative estimate of drug-likeness (QED) is 0.128. The zero-order valence-corrected chi connectivity index (χ0v) is 22.1. The zero-order chi connectivity index (χ0) is 22.1. The molecule has 0 heterocycles. The minimum absolute atomic E-state index is 0.958. The van der Waals surface area contributed by atoms with Crippen molar-refractivity contribution in [2.75, 3.05) is 0 Å². The second-order valence-corrected chi connectivity index (χ2v) is 10.7. The molecule has 0 aromatic rings. The molecule has 0 saturated carbocycles. The second-order valence-electron chi connectivity index (χ2n) is 10.7. The lowest BCUT2D eigenvalue weighted by molar-refractivity contribution is 0.422. The monoisotopic (exact) mass is 422 g/mol. The van der Waals surface area contributed by atoms with E-state index in [0.29, 0.717) is 0 Å². The van der Waals surface area contributed by atoms with Crippen molar-refractivity contribution in [3.8, 4) is 0 Å². The molecule has 0 N–H and O–H groups in total. The van der Waals surface area contributed by atoms with Gasteiger partial charge in [0.05, 0.1) is 0 Å². The highest BCUT2D eigenvalue weighted by Gasteiger charge is 2.03. The molecular formula is C30H62. The molecule has 0 nitrogen and oxygen atoms in total. The minimum Gasteiger partial charge on any atom is -0.0654 e. The molecule has 0 saturated heterocycles. The van der Waals surface area contributed by atoms with Gasteiger partial charge in [0.2, 0.25) is 0 Å². The summed E-state index contributed by atoms with van der Waals surface area (Å²) in [5, 5.41) is 0. The van der Waals surface area contributed by atoms with Crippen LogP contribution < -0.4 is 0 Å². The summed E-state index contributed by atoms with van der Waals surface area (Å²) in [6, 6.07) is 0. The first-order valence-corrected chi connectivity index (χ1v) is 14.7. The average molecular weight is 423 g/mol. The third-order valence-corrected chi connectivity index (χ3v) is 7.23. The van der Waals surface area contributed by atoms with Crippen molar-refractivity contribution in [2.24, 2.45) is 11.8 Å². The predicted molar refractivity (Wildman–Crippen MR) is 140 cm³/mol. The number of hydrogen-bond acceptors (Lipinski definition) is 0. The van der Waals surface area contributed by atoms with Gasteiger partial charge in [-0.1, -0.05) is 182 Å². The third-order valence-electron chi connectivity index (χ3n) is 7.23. The molecule has 0 radical (unpaired) electrons. The lowest BCUT2D eigenvalue weighted by atomic mass is 9.95. The normalized spacial score (nSPS) is 13.6. The highest BCUT2D eigenvalue weighted by atomic mass is 14.1. The Balaban J connectivity index is 3.17. The number of hydrogen-bond donors (Lipinski definition) is 0. The maximum absolute atomic E-state index is 2.49. The van der Waals surface area contributed by atoms with E-state index in [1.165, 1.54) is 154 Å². The Labute approximate surface area is 193 Å². The van der Waals surface area contributed by atoms with E-state index in [1.807, 2.05) is 0 Å². The molecule has 0 aliphatic carbocycles. The number of rotatable bonds is 25. The molecule has 30 heavy (non-hydrogen) atoms. The molecule has 0 heteroatoms. The molecule has 2 unspecified atom stereocenters. The SMILES string of the molecule is CCCCCCCCCCCCCCCCC(C)CCCCCCCC(C)CCC. The smallest absolute Gasteiger partial charge is 0.0443 e. The van der Waals surface area contributed by atoms with E-state index in [2.05, 4.69) is 27.7 Å². The van der Waals surface area contributed by atoms with Crippen LogP contribution in [-0.4, -0.2) is 0 Å². The summed E-state index contributed by atoms with van der Waals surface area (Å²) in [5.74, 6) is 1.92. The van der Waals surface area contributed by atoms with Crippen molar-refractivity contribution in [1.29, 1.82) is 0 Å². The van der Waals surface area contributed by atoms with E-state index in [1.54, 1.807) is 0 Å². The first-order valence-electron chi connectivity index (χ1n) is 14.7. The highest BCUT2D eigenvalue weighted by molar-refractivity contribution is 4.57. The molecule has 0 amide bonds. The zero-order valence-electron chi connectivity index (χ0n) is 22.1. The standard InChI is InChI=1S/C30H62/c1-5-7-8-9-10-11-12-13-14-15-16-17-19-23-27-30(4)28-24-21-18-20-22-26-29(3)25-6-2/h29-30H,5-28H2,1-4H3. The van der Waals surface area contributed by atoms with E-state index >= 15 is 0 Å². The van der Waals surface area contributed by atoms with Gasteiger partial charge in [-0.15, -0.1) is 0 Å². The van der Waals surface area contributed by atoms with Crippen LogP contribution in [0.3, 0.4) is 0 Å². The molecule has 0 spiro atoms. The van der Waals surface area contributed by atoms with Gasteiger partial charge in [-0.2, -0.15) is 0 Å². The first kappa shape index (κ1) is 30.0. The van der Waals surface area contributed by atoms with Crippen molar-refractivity contribution in [3.05, 3.63) is 0 Å². The summed E-state index contributed by atoms with van der Waals surface area (Å²) in [4.78, 5) is 0. The first-order chi connectivity index (χ1) is 14.7. The Morgan fingerprint density at radius 2 is 0.567 bits per heavy atom. The Hall–Kier alpha value is 0. The van der Waals surface area contributed by atoms with Crippen LogP contribution in [-0.2, 0) is 0 Å². The molecule has 2 atom stereocenters. The van der Waals surface area contributed by atoms with E-state index in [0.717, 1.165) is 11.8 Å². The van der Waals surface area contributed by atoms with Crippen LogP contribution in [0.25, 0.3) is 0 Å². The summed E-state index contributed by atoms with van der Waals surface area (Å²) in [5.41, 5.74) is 0. The largest absolute Gasteiger partial charge is 0.0654 e. The highest BCUT2D eigenvalue weighted by Crippen LogP contribution is 2.20. The van der Waals surface area contributed by atoms with Crippen LogP contribution >= 0.6 is 0 Å². The molecular weight excluding hydrogens is 360 g/mol. The molecule has 0 fully saturated rings. The van der Waals surface area contributed by atoms with E-state index in [-0.39, 0.29) is 0 Å². The van der Waals surface area contributed by atoms with Crippen LogP contribution in [0.5, 0.6) is 0 Å². The van der Waals surface area contributed by atoms with Crippen LogP contribution in [0, 0.1) is 11.8 Å². The summed E-state index contributed by atoms with van der Waals surface area (Å²) in [7, 11) is 0. The number of unbranched alkanes of at least 4 members (excludes halogenated alkanes) is 17. The Morgan fingerprint density at radius 3 is 0.867 bits per heavy atom.